The van der Waals surface area contributed by atoms with Crippen LogP contribution in [-0.4, -0.2) is 48.6 Å². The standard InChI is InChI=1S/C14H28N2S/c1-17-14-7-11-16(12-8-14)10-4-9-15-13-5-2-3-6-13/h13-15H,2-12H2,1H3. The summed E-state index contributed by atoms with van der Waals surface area (Å²) in [6.45, 7) is 5.19. The zero-order valence-electron chi connectivity index (χ0n) is 11.3. The van der Waals surface area contributed by atoms with Crippen LogP contribution in [0.1, 0.15) is 44.9 Å². The number of piperidine rings is 1. The molecule has 2 aliphatic rings. The molecule has 0 aromatic rings. The van der Waals surface area contributed by atoms with Crippen molar-refractivity contribution in [3.63, 3.8) is 0 Å². The van der Waals surface area contributed by atoms with Crippen LogP contribution in [0.15, 0.2) is 0 Å². The zero-order chi connectivity index (χ0) is 11.9. The van der Waals surface area contributed by atoms with Crippen molar-refractivity contribution >= 4 is 11.8 Å². The largest absolute Gasteiger partial charge is 0.314 e. The van der Waals surface area contributed by atoms with Crippen LogP contribution in [0.2, 0.25) is 0 Å². The van der Waals surface area contributed by atoms with Gasteiger partial charge in [0, 0.05) is 11.3 Å². The Bertz CT molecular complexity index is 196. The van der Waals surface area contributed by atoms with Crippen molar-refractivity contribution in [1.29, 1.82) is 0 Å². The number of likely N-dealkylation sites (tertiary alicyclic amines) is 1. The maximum Gasteiger partial charge on any atom is 0.00685 e. The molecule has 2 fully saturated rings. The van der Waals surface area contributed by atoms with Gasteiger partial charge in [0.15, 0.2) is 0 Å². The fourth-order valence-electron chi connectivity index (χ4n) is 3.11. The molecule has 3 heteroatoms. The van der Waals surface area contributed by atoms with E-state index >= 15 is 0 Å². The molecule has 0 atom stereocenters. The Kier molecular flexibility index (Phi) is 6.16. The summed E-state index contributed by atoms with van der Waals surface area (Å²) in [5.41, 5.74) is 0. The molecule has 2 rings (SSSR count). The van der Waals surface area contributed by atoms with Crippen LogP contribution in [0, 0.1) is 0 Å². The fraction of sp³-hybridized carbons (Fsp3) is 1.00. The van der Waals surface area contributed by atoms with Gasteiger partial charge in [-0.05, 0) is 64.5 Å². The quantitative estimate of drug-likeness (QED) is 0.736. The second-order valence-corrected chi connectivity index (χ2v) is 6.70. The molecule has 0 unspecified atom stereocenters. The minimum absolute atomic E-state index is 0.845. The molecule has 1 saturated carbocycles. The van der Waals surface area contributed by atoms with Gasteiger partial charge in [-0.15, -0.1) is 0 Å². The average Bonchev–Trinajstić information content (AvgIpc) is 2.88. The molecule has 0 aromatic heterocycles. The van der Waals surface area contributed by atoms with E-state index in [1.54, 1.807) is 0 Å². The van der Waals surface area contributed by atoms with Crippen LogP contribution in [0.5, 0.6) is 0 Å². The highest BCUT2D eigenvalue weighted by atomic mass is 32.2. The van der Waals surface area contributed by atoms with Crippen LogP contribution in [0.25, 0.3) is 0 Å². The first-order chi connectivity index (χ1) is 8.38. The summed E-state index contributed by atoms with van der Waals surface area (Å²) in [7, 11) is 0. The minimum atomic E-state index is 0.845. The van der Waals surface area contributed by atoms with Crippen molar-refractivity contribution < 1.29 is 0 Å². The Morgan fingerprint density at radius 3 is 2.47 bits per heavy atom. The van der Waals surface area contributed by atoms with Gasteiger partial charge < -0.3 is 10.2 Å². The fourth-order valence-corrected chi connectivity index (χ4v) is 3.79. The van der Waals surface area contributed by atoms with Crippen LogP contribution in [0.4, 0.5) is 0 Å². The molecular formula is C14H28N2S. The SMILES string of the molecule is CSC1CCN(CCCNC2CCCC2)CC1. The highest BCUT2D eigenvalue weighted by Gasteiger charge is 2.18. The Hall–Kier alpha value is 0.270. The zero-order valence-corrected chi connectivity index (χ0v) is 12.1. The van der Waals surface area contributed by atoms with Crippen molar-refractivity contribution in [1.82, 2.24) is 10.2 Å². The molecule has 1 aliphatic heterocycles. The highest BCUT2D eigenvalue weighted by Crippen LogP contribution is 2.21. The topological polar surface area (TPSA) is 15.3 Å². The summed E-state index contributed by atoms with van der Waals surface area (Å²) < 4.78 is 0. The molecule has 1 aliphatic carbocycles. The Balaban J connectivity index is 1.48. The lowest BCUT2D eigenvalue weighted by Crippen LogP contribution is -2.37. The minimum Gasteiger partial charge on any atom is -0.314 e. The van der Waals surface area contributed by atoms with E-state index < -0.39 is 0 Å². The predicted molar refractivity (Wildman–Crippen MR) is 77.9 cm³/mol. The second kappa shape index (κ2) is 7.65. The van der Waals surface area contributed by atoms with Gasteiger partial charge in [-0.25, -0.2) is 0 Å². The number of thioether (sulfide) groups is 1. The van der Waals surface area contributed by atoms with Crippen LogP contribution >= 0.6 is 11.8 Å². The van der Waals surface area contributed by atoms with Crippen molar-refractivity contribution in [2.24, 2.45) is 0 Å². The van der Waals surface area contributed by atoms with Gasteiger partial charge in [0.1, 0.15) is 0 Å². The van der Waals surface area contributed by atoms with E-state index in [0.29, 0.717) is 0 Å². The van der Waals surface area contributed by atoms with Gasteiger partial charge in [0.05, 0.1) is 0 Å². The van der Waals surface area contributed by atoms with E-state index in [0.717, 1.165) is 11.3 Å². The van der Waals surface area contributed by atoms with E-state index in [2.05, 4.69) is 28.2 Å². The smallest absolute Gasteiger partial charge is 0.00685 e. The van der Waals surface area contributed by atoms with Gasteiger partial charge in [-0.1, -0.05) is 12.8 Å². The molecule has 17 heavy (non-hydrogen) atoms. The summed E-state index contributed by atoms with van der Waals surface area (Å²) in [5.74, 6) is 0. The number of rotatable bonds is 6. The molecule has 0 amide bonds. The third kappa shape index (κ3) is 4.80. The molecule has 1 N–H and O–H groups in total. The van der Waals surface area contributed by atoms with E-state index in [4.69, 9.17) is 0 Å². The van der Waals surface area contributed by atoms with Crippen molar-refractivity contribution in [2.45, 2.75) is 56.2 Å². The van der Waals surface area contributed by atoms with E-state index in [1.807, 2.05) is 0 Å². The molecule has 0 spiro atoms. The Morgan fingerprint density at radius 2 is 1.82 bits per heavy atom. The lowest BCUT2D eigenvalue weighted by Gasteiger charge is -2.31. The normalized spacial score (nSPS) is 24.5. The van der Waals surface area contributed by atoms with Gasteiger partial charge in [-0.3, -0.25) is 0 Å². The number of nitrogens with one attached hydrogen (secondary N) is 1. The van der Waals surface area contributed by atoms with Gasteiger partial charge >= 0.3 is 0 Å². The summed E-state index contributed by atoms with van der Waals surface area (Å²) in [6, 6.07) is 0.845. The monoisotopic (exact) mass is 256 g/mol. The second-order valence-electron chi connectivity index (χ2n) is 5.57. The maximum atomic E-state index is 3.71. The molecule has 2 nitrogen and oxygen atoms in total. The summed E-state index contributed by atoms with van der Waals surface area (Å²) in [6.07, 6.45) is 12.1. The van der Waals surface area contributed by atoms with Gasteiger partial charge in [-0.2, -0.15) is 11.8 Å². The molecular weight excluding hydrogens is 228 g/mol. The van der Waals surface area contributed by atoms with Crippen molar-refractivity contribution in [2.75, 3.05) is 32.4 Å². The van der Waals surface area contributed by atoms with E-state index in [1.165, 1.54) is 71.1 Å². The molecule has 1 heterocycles. The number of nitrogens with zero attached hydrogens (tertiary/aromatic N) is 1. The summed E-state index contributed by atoms with van der Waals surface area (Å²) in [4.78, 5) is 2.66. The summed E-state index contributed by atoms with van der Waals surface area (Å²) >= 11 is 2.05. The van der Waals surface area contributed by atoms with Gasteiger partial charge in [0.2, 0.25) is 0 Å². The first-order valence-electron chi connectivity index (χ1n) is 7.37. The van der Waals surface area contributed by atoms with E-state index in [-0.39, 0.29) is 0 Å². The van der Waals surface area contributed by atoms with Crippen molar-refractivity contribution in [3.8, 4) is 0 Å². The molecule has 100 valence electrons. The van der Waals surface area contributed by atoms with Crippen LogP contribution in [-0.2, 0) is 0 Å². The van der Waals surface area contributed by atoms with Crippen LogP contribution in [0.3, 0.4) is 0 Å². The summed E-state index contributed by atoms with van der Waals surface area (Å²) in [5, 5.41) is 4.64. The van der Waals surface area contributed by atoms with E-state index in [9.17, 15) is 0 Å². The van der Waals surface area contributed by atoms with Gasteiger partial charge in [0.25, 0.3) is 0 Å². The first kappa shape index (κ1) is 13.7. The molecule has 1 saturated heterocycles. The molecule has 0 bridgehead atoms. The lowest BCUT2D eigenvalue weighted by atomic mass is 10.1. The maximum absolute atomic E-state index is 3.71. The Morgan fingerprint density at radius 1 is 1.12 bits per heavy atom. The third-order valence-electron chi connectivity index (χ3n) is 4.31. The Labute approximate surface area is 111 Å². The molecule has 0 radical (unpaired) electrons. The number of hydrogen-bond donors (Lipinski definition) is 1. The number of hydrogen-bond acceptors (Lipinski definition) is 3. The third-order valence-corrected chi connectivity index (χ3v) is 5.45. The van der Waals surface area contributed by atoms with Crippen LogP contribution < -0.4 is 5.32 Å². The molecule has 0 aromatic carbocycles. The van der Waals surface area contributed by atoms with Crippen molar-refractivity contribution in [3.05, 3.63) is 0 Å². The average molecular weight is 256 g/mol. The highest BCUT2D eigenvalue weighted by molar-refractivity contribution is 7.99. The lowest BCUT2D eigenvalue weighted by molar-refractivity contribution is 0.228. The first-order valence-corrected chi connectivity index (χ1v) is 8.66. The predicted octanol–water partition coefficient (Wildman–Crippen LogP) is 2.74.